The minimum Gasteiger partial charge on any atom is -0.494 e. The Labute approximate surface area is 106 Å². The molecule has 5 heteroatoms. The summed E-state index contributed by atoms with van der Waals surface area (Å²) in [4.78, 5) is 12.9. The number of carbonyl (C=O) groups is 1. The van der Waals surface area contributed by atoms with Gasteiger partial charge in [0.1, 0.15) is 17.6 Å². The molecule has 1 aromatic rings. The highest BCUT2D eigenvalue weighted by Crippen LogP contribution is 2.25. The van der Waals surface area contributed by atoms with Gasteiger partial charge in [-0.05, 0) is 24.1 Å². The third-order valence-electron chi connectivity index (χ3n) is 2.89. The van der Waals surface area contributed by atoms with Crippen LogP contribution in [0.25, 0.3) is 0 Å². The van der Waals surface area contributed by atoms with Crippen LogP contribution in [0.5, 0.6) is 5.75 Å². The van der Waals surface area contributed by atoms with E-state index in [0.29, 0.717) is 6.61 Å². The number of amides is 2. The van der Waals surface area contributed by atoms with Gasteiger partial charge < -0.3 is 9.64 Å². The summed E-state index contributed by atoms with van der Waals surface area (Å²) in [5.74, 6) is 1.02. The number of carbonyl (C=O) groups excluding carboxylic acids is 1. The zero-order valence-corrected chi connectivity index (χ0v) is 10.6. The fraction of sp³-hybridized carbons (Fsp3) is 0.385. The molecule has 5 nitrogen and oxygen atoms in total. The number of nitrogens with one attached hydrogen (secondary N) is 2. The molecule has 0 radical (unpaired) electrons. The van der Waals surface area contributed by atoms with Gasteiger partial charge in [0.2, 0.25) is 0 Å². The first-order valence-electron chi connectivity index (χ1n) is 5.98. The first-order chi connectivity index (χ1) is 8.63. The average Bonchev–Trinajstić information content (AvgIpc) is 2.62. The number of benzene rings is 1. The van der Waals surface area contributed by atoms with Gasteiger partial charge >= 0.3 is 6.03 Å². The molecule has 1 saturated heterocycles. The van der Waals surface area contributed by atoms with Crippen molar-refractivity contribution >= 4 is 11.9 Å². The maximum Gasteiger partial charge on any atom is 0.323 e. The first-order valence-corrected chi connectivity index (χ1v) is 5.98. The second kappa shape index (κ2) is 5.08. The van der Waals surface area contributed by atoms with Gasteiger partial charge in [-0.2, -0.15) is 0 Å². The Morgan fingerprint density at radius 1 is 1.39 bits per heavy atom. The van der Waals surface area contributed by atoms with Gasteiger partial charge in [-0.15, -0.1) is 0 Å². The Balaban J connectivity index is 2.14. The maximum atomic E-state index is 11.4. The number of nitrogens with zero attached hydrogens (tertiary/aromatic N) is 1. The van der Waals surface area contributed by atoms with Crippen LogP contribution < -0.4 is 10.1 Å². The van der Waals surface area contributed by atoms with Gasteiger partial charge in [-0.1, -0.05) is 19.1 Å². The van der Waals surface area contributed by atoms with Crippen LogP contribution in [-0.4, -0.2) is 30.4 Å². The quantitative estimate of drug-likeness (QED) is 0.856. The number of amidine groups is 1. The second-order valence-corrected chi connectivity index (χ2v) is 4.27. The van der Waals surface area contributed by atoms with E-state index in [1.54, 1.807) is 7.05 Å². The summed E-state index contributed by atoms with van der Waals surface area (Å²) in [7, 11) is 1.68. The van der Waals surface area contributed by atoms with E-state index in [1.165, 1.54) is 4.90 Å². The smallest absolute Gasteiger partial charge is 0.323 e. The molecule has 0 aliphatic carbocycles. The van der Waals surface area contributed by atoms with Crippen LogP contribution in [0.4, 0.5) is 4.79 Å². The van der Waals surface area contributed by atoms with Crippen LogP contribution in [0.15, 0.2) is 24.3 Å². The SMILES string of the molecule is CCCOc1ccc(C2C(=N)NC(=O)N2C)cc1. The van der Waals surface area contributed by atoms with E-state index in [0.717, 1.165) is 17.7 Å². The lowest BCUT2D eigenvalue weighted by atomic mass is 10.1. The molecule has 2 rings (SSSR count). The number of hydrogen-bond donors (Lipinski definition) is 2. The lowest BCUT2D eigenvalue weighted by molar-refractivity contribution is 0.217. The normalized spacial score (nSPS) is 19.0. The third kappa shape index (κ3) is 2.30. The zero-order valence-electron chi connectivity index (χ0n) is 10.6. The molecule has 1 aliphatic rings. The van der Waals surface area contributed by atoms with Gasteiger partial charge in [0.25, 0.3) is 0 Å². The van der Waals surface area contributed by atoms with E-state index < -0.39 is 0 Å². The Hall–Kier alpha value is -2.04. The van der Waals surface area contributed by atoms with Crippen LogP contribution in [-0.2, 0) is 0 Å². The molecule has 0 saturated carbocycles. The Bertz CT molecular complexity index is 456. The minimum atomic E-state index is -0.322. The molecule has 1 aliphatic heterocycles. The number of likely N-dealkylation sites (N-methyl/N-ethyl adjacent to an activating group) is 1. The molecular formula is C13H17N3O2. The van der Waals surface area contributed by atoms with Gasteiger partial charge in [-0.25, -0.2) is 4.79 Å². The summed E-state index contributed by atoms with van der Waals surface area (Å²) in [6, 6.07) is 6.96. The molecule has 2 amide bonds. The Morgan fingerprint density at radius 2 is 2.06 bits per heavy atom. The van der Waals surface area contributed by atoms with Crippen LogP contribution in [0.1, 0.15) is 24.9 Å². The van der Waals surface area contributed by atoms with Crippen molar-refractivity contribution in [2.24, 2.45) is 0 Å². The van der Waals surface area contributed by atoms with Gasteiger partial charge in [0.15, 0.2) is 0 Å². The van der Waals surface area contributed by atoms with Crippen molar-refractivity contribution in [2.45, 2.75) is 19.4 Å². The molecule has 0 spiro atoms. The largest absolute Gasteiger partial charge is 0.494 e. The molecular weight excluding hydrogens is 230 g/mol. The number of ether oxygens (including phenoxy) is 1. The molecule has 1 aromatic carbocycles. The molecule has 0 bridgehead atoms. The third-order valence-corrected chi connectivity index (χ3v) is 2.89. The predicted molar refractivity (Wildman–Crippen MR) is 69.0 cm³/mol. The fourth-order valence-corrected chi connectivity index (χ4v) is 1.94. The minimum absolute atomic E-state index is 0.213. The van der Waals surface area contributed by atoms with Gasteiger partial charge in [-0.3, -0.25) is 10.7 Å². The lowest BCUT2D eigenvalue weighted by Gasteiger charge is -2.18. The maximum absolute atomic E-state index is 11.4. The first kappa shape index (κ1) is 12.4. The summed E-state index contributed by atoms with van der Waals surface area (Å²) < 4.78 is 5.50. The van der Waals surface area contributed by atoms with Crippen molar-refractivity contribution in [3.63, 3.8) is 0 Å². The van der Waals surface area contributed by atoms with E-state index in [2.05, 4.69) is 12.2 Å². The van der Waals surface area contributed by atoms with Gasteiger partial charge in [0.05, 0.1) is 6.61 Å². The molecule has 96 valence electrons. The highest BCUT2D eigenvalue weighted by molar-refractivity contribution is 6.05. The van der Waals surface area contributed by atoms with Crippen LogP contribution >= 0.6 is 0 Å². The predicted octanol–water partition coefficient (Wildman–Crippen LogP) is 2.15. The van der Waals surface area contributed by atoms with Crippen molar-refractivity contribution in [2.75, 3.05) is 13.7 Å². The number of rotatable bonds is 4. The summed E-state index contributed by atoms with van der Waals surface area (Å²) in [6.45, 7) is 2.75. The zero-order chi connectivity index (χ0) is 13.1. The lowest BCUT2D eigenvalue weighted by Crippen LogP contribution is -2.25. The van der Waals surface area contributed by atoms with E-state index in [9.17, 15) is 4.79 Å². The van der Waals surface area contributed by atoms with Crippen LogP contribution in [0.3, 0.4) is 0 Å². The van der Waals surface area contributed by atoms with Crippen molar-refractivity contribution in [1.29, 1.82) is 5.41 Å². The molecule has 0 aromatic heterocycles. The van der Waals surface area contributed by atoms with Crippen molar-refractivity contribution in [3.8, 4) is 5.75 Å². The van der Waals surface area contributed by atoms with E-state index in [4.69, 9.17) is 10.1 Å². The van der Waals surface area contributed by atoms with Crippen molar-refractivity contribution in [1.82, 2.24) is 10.2 Å². The molecule has 18 heavy (non-hydrogen) atoms. The van der Waals surface area contributed by atoms with Crippen molar-refractivity contribution in [3.05, 3.63) is 29.8 Å². The molecule has 1 fully saturated rings. The number of urea groups is 1. The number of hydrogen-bond acceptors (Lipinski definition) is 3. The molecule has 1 atom stereocenters. The van der Waals surface area contributed by atoms with E-state index in [-0.39, 0.29) is 17.9 Å². The monoisotopic (exact) mass is 247 g/mol. The highest BCUT2D eigenvalue weighted by atomic mass is 16.5. The summed E-state index contributed by atoms with van der Waals surface area (Å²) >= 11 is 0. The summed E-state index contributed by atoms with van der Waals surface area (Å²) in [6.07, 6.45) is 0.968. The summed E-state index contributed by atoms with van der Waals surface area (Å²) in [5, 5.41) is 10.3. The highest BCUT2D eigenvalue weighted by Gasteiger charge is 2.33. The van der Waals surface area contributed by atoms with Crippen LogP contribution in [0, 0.1) is 5.41 Å². The Kier molecular flexibility index (Phi) is 3.50. The molecule has 1 heterocycles. The van der Waals surface area contributed by atoms with Crippen LogP contribution in [0.2, 0.25) is 0 Å². The van der Waals surface area contributed by atoms with E-state index >= 15 is 0 Å². The average molecular weight is 247 g/mol. The fourth-order valence-electron chi connectivity index (χ4n) is 1.94. The summed E-state index contributed by atoms with van der Waals surface area (Å²) in [5.41, 5.74) is 0.907. The van der Waals surface area contributed by atoms with Crippen molar-refractivity contribution < 1.29 is 9.53 Å². The Morgan fingerprint density at radius 3 is 2.56 bits per heavy atom. The second-order valence-electron chi connectivity index (χ2n) is 4.27. The molecule has 2 N–H and O–H groups in total. The molecule has 1 unspecified atom stereocenters. The standard InChI is InChI=1S/C13H17N3O2/c1-3-8-18-10-6-4-9(5-7-10)11-12(14)15-13(17)16(11)2/h4-7,11H,3,8H2,1-2H3,(H2,14,15,17). The van der Waals surface area contributed by atoms with E-state index in [1.807, 2.05) is 24.3 Å². The van der Waals surface area contributed by atoms with Gasteiger partial charge in [0, 0.05) is 7.05 Å². The topological polar surface area (TPSA) is 65.4 Å².